The zero-order chi connectivity index (χ0) is 13.8. The summed E-state index contributed by atoms with van der Waals surface area (Å²) in [6.45, 7) is 0.484. The molecular weight excluding hydrogens is 250 g/mol. The van der Waals surface area contributed by atoms with Gasteiger partial charge in [-0.15, -0.1) is 0 Å². The molecule has 0 aliphatic heterocycles. The van der Waals surface area contributed by atoms with Crippen LogP contribution in [-0.4, -0.2) is 15.9 Å². The van der Waals surface area contributed by atoms with Crippen molar-refractivity contribution in [3.05, 3.63) is 72.2 Å². The summed E-state index contributed by atoms with van der Waals surface area (Å²) < 4.78 is 0. The van der Waals surface area contributed by atoms with Crippen LogP contribution < -0.4 is 5.32 Å². The largest absolute Gasteiger partial charge is 0.347 e. The second-order valence-corrected chi connectivity index (χ2v) is 4.41. The molecule has 0 saturated carbocycles. The second kappa shape index (κ2) is 5.48. The van der Waals surface area contributed by atoms with Crippen LogP contribution in [0.2, 0.25) is 0 Å². The Morgan fingerprint density at radius 1 is 0.950 bits per heavy atom. The number of rotatable bonds is 3. The Morgan fingerprint density at radius 2 is 1.70 bits per heavy atom. The number of benzene rings is 2. The van der Waals surface area contributed by atoms with Gasteiger partial charge in [-0.3, -0.25) is 4.79 Å². The maximum atomic E-state index is 12.2. The van der Waals surface area contributed by atoms with E-state index in [1.165, 1.54) is 6.33 Å². The fourth-order valence-corrected chi connectivity index (χ4v) is 2.05. The third kappa shape index (κ3) is 2.49. The fourth-order valence-electron chi connectivity index (χ4n) is 2.05. The maximum Gasteiger partial charge on any atom is 0.270 e. The average Bonchev–Trinajstić information content (AvgIpc) is 2.53. The molecule has 98 valence electrons. The van der Waals surface area contributed by atoms with E-state index in [-0.39, 0.29) is 5.91 Å². The van der Waals surface area contributed by atoms with Crippen molar-refractivity contribution in [2.75, 3.05) is 0 Å². The molecule has 0 radical (unpaired) electrons. The van der Waals surface area contributed by atoms with Crippen LogP contribution in [0.15, 0.2) is 60.9 Å². The number of para-hydroxylation sites is 1. The van der Waals surface area contributed by atoms with Gasteiger partial charge in [-0.05, 0) is 11.6 Å². The third-order valence-corrected chi connectivity index (χ3v) is 3.05. The van der Waals surface area contributed by atoms with Gasteiger partial charge >= 0.3 is 0 Å². The highest BCUT2D eigenvalue weighted by Gasteiger charge is 2.11. The molecule has 0 spiro atoms. The Kier molecular flexibility index (Phi) is 3.37. The van der Waals surface area contributed by atoms with E-state index < -0.39 is 0 Å². The molecule has 1 amide bonds. The van der Waals surface area contributed by atoms with E-state index in [0.29, 0.717) is 12.2 Å². The summed E-state index contributed by atoms with van der Waals surface area (Å²) in [4.78, 5) is 20.5. The van der Waals surface area contributed by atoms with Crippen molar-refractivity contribution in [2.45, 2.75) is 6.54 Å². The van der Waals surface area contributed by atoms with Crippen LogP contribution >= 0.6 is 0 Å². The number of amides is 1. The van der Waals surface area contributed by atoms with Gasteiger partial charge in [-0.25, -0.2) is 9.97 Å². The van der Waals surface area contributed by atoms with Crippen LogP contribution in [0.1, 0.15) is 16.1 Å². The van der Waals surface area contributed by atoms with Gasteiger partial charge < -0.3 is 5.32 Å². The van der Waals surface area contributed by atoms with Crippen LogP contribution in [0, 0.1) is 0 Å². The Bertz CT molecular complexity index is 736. The van der Waals surface area contributed by atoms with E-state index in [0.717, 1.165) is 16.5 Å². The summed E-state index contributed by atoms with van der Waals surface area (Å²) in [6, 6.07) is 17.3. The molecule has 1 N–H and O–H groups in total. The summed E-state index contributed by atoms with van der Waals surface area (Å²) in [7, 11) is 0. The average molecular weight is 263 g/mol. The monoisotopic (exact) mass is 263 g/mol. The first kappa shape index (κ1) is 12.3. The van der Waals surface area contributed by atoms with Gasteiger partial charge in [0.2, 0.25) is 0 Å². The second-order valence-electron chi connectivity index (χ2n) is 4.41. The lowest BCUT2D eigenvalue weighted by Crippen LogP contribution is -2.24. The standard InChI is InChI=1S/C16H13N3O/c20-16(17-10-12-6-2-1-3-7-12)15-13-8-4-5-9-14(13)18-11-19-15/h1-9,11H,10H2,(H,17,20). The van der Waals surface area contributed by atoms with Crippen LogP contribution in [0.3, 0.4) is 0 Å². The highest BCUT2D eigenvalue weighted by atomic mass is 16.1. The van der Waals surface area contributed by atoms with Gasteiger partial charge in [-0.2, -0.15) is 0 Å². The first-order valence-corrected chi connectivity index (χ1v) is 6.36. The number of fused-ring (bicyclic) bond motifs is 1. The smallest absolute Gasteiger partial charge is 0.270 e. The highest BCUT2D eigenvalue weighted by Crippen LogP contribution is 2.13. The minimum Gasteiger partial charge on any atom is -0.347 e. The summed E-state index contributed by atoms with van der Waals surface area (Å²) in [6.07, 6.45) is 1.42. The van der Waals surface area contributed by atoms with Crippen LogP contribution in [0.25, 0.3) is 10.9 Å². The number of aromatic nitrogens is 2. The molecule has 2 aromatic carbocycles. The van der Waals surface area contributed by atoms with Gasteiger partial charge in [0.1, 0.15) is 12.0 Å². The molecule has 3 rings (SSSR count). The predicted molar refractivity (Wildman–Crippen MR) is 77.2 cm³/mol. The summed E-state index contributed by atoms with van der Waals surface area (Å²) in [5.74, 6) is -0.188. The Morgan fingerprint density at radius 3 is 2.55 bits per heavy atom. The van der Waals surface area contributed by atoms with Gasteiger partial charge in [-0.1, -0.05) is 48.5 Å². The third-order valence-electron chi connectivity index (χ3n) is 3.05. The van der Waals surface area contributed by atoms with E-state index in [9.17, 15) is 4.79 Å². The molecule has 0 unspecified atom stereocenters. The molecule has 0 aliphatic rings. The van der Waals surface area contributed by atoms with Crippen molar-refractivity contribution in [2.24, 2.45) is 0 Å². The SMILES string of the molecule is O=C(NCc1ccccc1)c1ncnc2ccccc12. The number of carbonyl (C=O) groups is 1. The Labute approximate surface area is 116 Å². The lowest BCUT2D eigenvalue weighted by Gasteiger charge is -2.06. The minimum atomic E-state index is -0.188. The first-order valence-electron chi connectivity index (χ1n) is 6.36. The maximum absolute atomic E-state index is 12.2. The normalized spacial score (nSPS) is 10.4. The molecule has 0 fully saturated rings. The van der Waals surface area contributed by atoms with Crippen molar-refractivity contribution in [1.82, 2.24) is 15.3 Å². The van der Waals surface area contributed by atoms with Gasteiger partial charge in [0, 0.05) is 11.9 Å². The van der Waals surface area contributed by atoms with Crippen LogP contribution in [0.5, 0.6) is 0 Å². The highest BCUT2D eigenvalue weighted by molar-refractivity contribution is 6.04. The van der Waals surface area contributed by atoms with Crippen molar-refractivity contribution >= 4 is 16.8 Å². The summed E-state index contributed by atoms with van der Waals surface area (Å²) in [5, 5.41) is 3.64. The van der Waals surface area contributed by atoms with E-state index in [1.54, 1.807) is 0 Å². The fraction of sp³-hybridized carbons (Fsp3) is 0.0625. The molecule has 0 saturated heterocycles. The molecule has 4 heteroatoms. The molecule has 1 aromatic heterocycles. The zero-order valence-corrected chi connectivity index (χ0v) is 10.8. The molecule has 0 aliphatic carbocycles. The van der Waals surface area contributed by atoms with Gasteiger partial charge in [0.05, 0.1) is 5.52 Å². The predicted octanol–water partition coefficient (Wildman–Crippen LogP) is 2.56. The van der Waals surface area contributed by atoms with Crippen molar-refractivity contribution in [3.8, 4) is 0 Å². The number of hydrogen-bond acceptors (Lipinski definition) is 3. The van der Waals surface area contributed by atoms with Gasteiger partial charge in [0.25, 0.3) is 5.91 Å². The molecule has 20 heavy (non-hydrogen) atoms. The van der Waals surface area contributed by atoms with E-state index in [4.69, 9.17) is 0 Å². The van der Waals surface area contributed by atoms with Crippen LogP contribution in [-0.2, 0) is 6.54 Å². The molecule has 4 nitrogen and oxygen atoms in total. The van der Waals surface area contributed by atoms with E-state index >= 15 is 0 Å². The zero-order valence-electron chi connectivity index (χ0n) is 10.8. The summed E-state index contributed by atoms with van der Waals surface area (Å²) >= 11 is 0. The van der Waals surface area contributed by atoms with Crippen molar-refractivity contribution in [3.63, 3.8) is 0 Å². The van der Waals surface area contributed by atoms with E-state index in [2.05, 4.69) is 15.3 Å². The number of nitrogens with zero attached hydrogens (tertiary/aromatic N) is 2. The number of carbonyl (C=O) groups excluding carboxylic acids is 1. The topological polar surface area (TPSA) is 54.9 Å². The molecule has 0 bridgehead atoms. The minimum absolute atomic E-state index is 0.188. The van der Waals surface area contributed by atoms with E-state index in [1.807, 2.05) is 54.6 Å². The van der Waals surface area contributed by atoms with Crippen LogP contribution in [0.4, 0.5) is 0 Å². The molecular formula is C16H13N3O. The summed E-state index contributed by atoms with van der Waals surface area (Å²) in [5.41, 5.74) is 2.23. The number of hydrogen-bond donors (Lipinski definition) is 1. The lowest BCUT2D eigenvalue weighted by atomic mass is 10.1. The van der Waals surface area contributed by atoms with Crippen molar-refractivity contribution < 1.29 is 4.79 Å². The molecule has 1 heterocycles. The number of nitrogens with one attached hydrogen (secondary N) is 1. The Balaban J connectivity index is 1.82. The van der Waals surface area contributed by atoms with Crippen molar-refractivity contribution in [1.29, 1.82) is 0 Å². The molecule has 0 atom stereocenters. The quantitative estimate of drug-likeness (QED) is 0.790. The molecule has 3 aromatic rings. The lowest BCUT2D eigenvalue weighted by molar-refractivity contribution is 0.0947. The Hall–Kier alpha value is -2.75. The van der Waals surface area contributed by atoms with Gasteiger partial charge in [0.15, 0.2) is 0 Å². The first-order chi connectivity index (χ1) is 9.84.